The molecule has 2 rings (SSSR count). The Kier molecular flexibility index (Phi) is 4.44. The minimum atomic E-state index is -3.33. The van der Waals surface area contributed by atoms with Gasteiger partial charge in [0.25, 0.3) is 0 Å². The van der Waals surface area contributed by atoms with Crippen molar-refractivity contribution in [2.24, 2.45) is 5.73 Å². The van der Waals surface area contributed by atoms with Crippen LogP contribution in [0.25, 0.3) is 0 Å². The summed E-state index contributed by atoms with van der Waals surface area (Å²) in [6.07, 6.45) is 1.12. The average Bonchev–Trinajstić information content (AvgIpc) is 2.47. The van der Waals surface area contributed by atoms with Gasteiger partial charge in [0.1, 0.15) is 0 Å². The summed E-state index contributed by atoms with van der Waals surface area (Å²) in [6.45, 7) is 1.43. The summed E-state index contributed by atoms with van der Waals surface area (Å²) in [6, 6.07) is 7.32. The van der Waals surface area contributed by atoms with E-state index in [2.05, 4.69) is 0 Å². The normalized spacial score (nSPS) is 17.4. The summed E-state index contributed by atoms with van der Waals surface area (Å²) in [5.74, 6) is 0. The van der Waals surface area contributed by atoms with Gasteiger partial charge in [0.15, 0.2) is 0 Å². The molecule has 0 bridgehead atoms. The van der Waals surface area contributed by atoms with Crippen molar-refractivity contribution in [3.63, 3.8) is 0 Å². The summed E-state index contributed by atoms with van der Waals surface area (Å²) >= 11 is 0. The van der Waals surface area contributed by atoms with E-state index >= 15 is 0 Å². The largest absolute Gasteiger partial charge is 0.381 e. The molecule has 1 heterocycles. The van der Waals surface area contributed by atoms with Crippen LogP contribution in [0.3, 0.4) is 0 Å². The number of benzene rings is 1. The molecule has 1 aromatic rings. The Bertz CT molecular complexity index is 524. The van der Waals surface area contributed by atoms with Crippen LogP contribution in [0.2, 0.25) is 0 Å². The zero-order valence-corrected chi connectivity index (χ0v) is 11.9. The van der Waals surface area contributed by atoms with E-state index in [1.807, 2.05) is 18.2 Å². The fourth-order valence-corrected chi connectivity index (χ4v) is 3.87. The van der Waals surface area contributed by atoms with Gasteiger partial charge >= 0.3 is 0 Å². The van der Waals surface area contributed by atoms with Crippen LogP contribution in [0.15, 0.2) is 24.3 Å². The lowest BCUT2D eigenvalue weighted by Crippen LogP contribution is -2.39. The fourth-order valence-electron chi connectivity index (χ4n) is 2.22. The van der Waals surface area contributed by atoms with Crippen molar-refractivity contribution < 1.29 is 13.2 Å². The lowest BCUT2D eigenvalue weighted by Gasteiger charge is -2.28. The van der Waals surface area contributed by atoms with E-state index in [0.29, 0.717) is 38.3 Å². The predicted octanol–water partition coefficient (Wildman–Crippen LogP) is 1.09. The topological polar surface area (TPSA) is 72.6 Å². The zero-order valence-electron chi connectivity index (χ0n) is 11.1. The van der Waals surface area contributed by atoms with Gasteiger partial charge in [0, 0.05) is 26.8 Å². The van der Waals surface area contributed by atoms with Crippen LogP contribution in [0.5, 0.6) is 0 Å². The van der Waals surface area contributed by atoms with E-state index in [1.165, 1.54) is 4.31 Å². The van der Waals surface area contributed by atoms with E-state index in [-0.39, 0.29) is 5.25 Å². The Morgan fingerprint density at radius 2 is 2.05 bits per heavy atom. The molecule has 19 heavy (non-hydrogen) atoms. The second-order valence-electron chi connectivity index (χ2n) is 4.70. The first-order valence-electron chi connectivity index (χ1n) is 6.40. The van der Waals surface area contributed by atoms with Gasteiger partial charge in [-0.25, -0.2) is 8.42 Å². The van der Waals surface area contributed by atoms with Gasteiger partial charge in [0.2, 0.25) is 10.0 Å². The molecule has 2 N–H and O–H groups in total. The monoisotopic (exact) mass is 284 g/mol. The maximum Gasteiger partial charge on any atom is 0.237 e. The summed E-state index contributed by atoms with van der Waals surface area (Å²) in [5.41, 5.74) is 7.17. The van der Waals surface area contributed by atoms with Crippen LogP contribution in [-0.4, -0.2) is 33.9 Å². The molecule has 5 nitrogen and oxygen atoms in total. The molecule has 0 aliphatic carbocycles. The average molecular weight is 284 g/mol. The molecule has 0 unspecified atom stereocenters. The lowest BCUT2D eigenvalue weighted by atomic mass is 10.2. The van der Waals surface area contributed by atoms with Crippen molar-refractivity contribution in [2.75, 3.05) is 24.6 Å². The molecule has 1 aliphatic heterocycles. The molecule has 0 amide bonds. The van der Waals surface area contributed by atoms with Crippen molar-refractivity contribution in [3.8, 4) is 0 Å². The minimum absolute atomic E-state index is 0.354. The first-order valence-corrected chi connectivity index (χ1v) is 7.90. The lowest BCUT2D eigenvalue weighted by molar-refractivity contribution is 0.0983. The summed E-state index contributed by atoms with van der Waals surface area (Å²) in [5, 5.41) is -0.354. The molecular weight excluding hydrogens is 264 g/mol. The van der Waals surface area contributed by atoms with E-state index in [9.17, 15) is 8.42 Å². The van der Waals surface area contributed by atoms with E-state index in [4.69, 9.17) is 10.5 Å². The maximum absolute atomic E-state index is 12.5. The zero-order chi connectivity index (χ0) is 13.9. The van der Waals surface area contributed by atoms with Gasteiger partial charge in [-0.1, -0.05) is 12.1 Å². The summed E-state index contributed by atoms with van der Waals surface area (Å²) < 4.78 is 31.6. The first kappa shape index (κ1) is 14.3. The molecule has 1 aliphatic rings. The molecule has 0 spiro atoms. The molecule has 6 heteroatoms. The van der Waals surface area contributed by atoms with Crippen LogP contribution in [-0.2, 0) is 21.3 Å². The van der Waals surface area contributed by atoms with Crippen molar-refractivity contribution in [3.05, 3.63) is 29.8 Å². The standard InChI is InChI=1S/C13H20N2O3S/c1-15(12-4-2-3-11(9-12)10-14)19(16,17)13-5-7-18-8-6-13/h2-4,9,13H,5-8,10,14H2,1H3. The molecule has 1 saturated heterocycles. The van der Waals surface area contributed by atoms with E-state index < -0.39 is 10.0 Å². The quantitative estimate of drug-likeness (QED) is 0.898. The number of ether oxygens (including phenoxy) is 1. The third-order valence-corrected chi connectivity index (χ3v) is 5.77. The highest BCUT2D eigenvalue weighted by molar-refractivity contribution is 7.93. The van der Waals surface area contributed by atoms with E-state index in [0.717, 1.165) is 5.56 Å². The van der Waals surface area contributed by atoms with Crippen LogP contribution in [0.4, 0.5) is 5.69 Å². The third-order valence-electron chi connectivity index (χ3n) is 3.48. The molecule has 0 atom stereocenters. The molecule has 106 valence electrons. The third kappa shape index (κ3) is 3.08. The number of anilines is 1. The van der Waals surface area contributed by atoms with Crippen molar-refractivity contribution >= 4 is 15.7 Å². The van der Waals surface area contributed by atoms with E-state index in [1.54, 1.807) is 13.1 Å². The first-order chi connectivity index (χ1) is 9.05. The SMILES string of the molecule is CN(c1cccc(CN)c1)S(=O)(=O)C1CCOCC1. The van der Waals surface area contributed by atoms with Crippen molar-refractivity contribution in [2.45, 2.75) is 24.6 Å². The fraction of sp³-hybridized carbons (Fsp3) is 0.538. The molecule has 1 aromatic carbocycles. The Morgan fingerprint density at radius 3 is 2.68 bits per heavy atom. The van der Waals surface area contributed by atoms with Crippen molar-refractivity contribution in [1.29, 1.82) is 0 Å². The van der Waals surface area contributed by atoms with Crippen LogP contribution in [0, 0.1) is 0 Å². The number of hydrogen-bond donors (Lipinski definition) is 1. The molecule has 0 radical (unpaired) electrons. The number of nitrogens with zero attached hydrogens (tertiary/aromatic N) is 1. The molecule has 0 saturated carbocycles. The van der Waals surface area contributed by atoms with Crippen LogP contribution >= 0.6 is 0 Å². The predicted molar refractivity (Wildman–Crippen MR) is 75.5 cm³/mol. The molecular formula is C13H20N2O3S. The number of rotatable bonds is 4. The van der Waals surface area contributed by atoms with Crippen molar-refractivity contribution in [1.82, 2.24) is 0 Å². The van der Waals surface area contributed by atoms with Gasteiger partial charge in [0.05, 0.1) is 10.9 Å². The summed E-state index contributed by atoms with van der Waals surface area (Å²) in [4.78, 5) is 0. The summed E-state index contributed by atoms with van der Waals surface area (Å²) in [7, 11) is -1.73. The Hall–Kier alpha value is -1.11. The number of nitrogens with two attached hydrogens (primary N) is 1. The molecule has 1 fully saturated rings. The van der Waals surface area contributed by atoms with Gasteiger partial charge in [-0.2, -0.15) is 0 Å². The second-order valence-corrected chi connectivity index (χ2v) is 6.94. The highest BCUT2D eigenvalue weighted by Crippen LogP contribution is 2.24. The maximum atomic E-state index is 12.5. The minimum Gasteiger partial charge on any atom is -0.381 e. The van der Waals surface area contributed by atoms with Crippen LogP contribution in [0.1, 0.15) is 18.4 Å². The van der Waals surface area contributed by atoms with Gasteiger partial charge in [-0.05, 0) is 30.5 Å². The Labute approximate surface area is 114 Å². The highest BCUT2D eigenvalue weighted by atomic mass is 32.2. The van der Waals surface area contributed by atoms with Crippen LogP contribution < -0.4 is 10.0 Å². The van der Waals surface area contributed by atoms with Gasteiger partial charge in [-0.15, -0.1) is 0 Å². The smallest absolute Gasteiger partial charge is 0.237 e. The van der Waals surface area contributed by atoms with Gasteiger partial charge < -0.3 is 10.5 Å². The van der Waals surface area contributed by atoms with Gasteiger partial charge in [-0.3, -0.25) is 4.31 Å². The number of hydrogen-bond acceptors (Lipinski definition) is 4. The highest BCUT2D eigenvalue weighted by Gasteiger charge is 2.31. The Balaban J connectivity index is 2.23. The Morgan fingerprint density at radius 1 is 1.37 bits per heavy atom. The number of sulfonamides is 1. The molecule has 0 aromatic heterocycles. The second kappa shape index (κ2) is 5.90.